The first-order valence-corrected chi connectivity index (χ1v) is 9.58. The van der Waals surface area contributed by atoms with Crippen LogP contribution in [0.2, 0.25) is 0 Å². The van der Waals surface area contributed by atoms with Crippen LogP contribution >= 0.6 is 23.2 Å². The maximum atomic E-state index is 13.5. The molecule has 12 heteroatoms. The summed E-state index contributed by atoms with van der Waals surface area (Å²) in [5.74, 6) is -1.12. The lowest BCUT2D eigenvalue weighted by molar-refractivity contribution is -0.240. The fraction of sp³-hybridized carbons (Fsp3) is 0.389. The van der Waals surface area contributed by atoms with Crippen LogP contribution < -0.4 is 0 Å². The van der Waals surface area contributed by atoms with E-state index in [-0.39, 0.29) is 4.49 Å². The van der Waals surface area contributed by atoms with Crippen LogP contribution in [-0.2, 0) is 9.53 Å². The number of halogens is 3. The van der Waals surface area contributed by atoms with Gasteiger partial charge in [0.05, 0.1) is 12.8 Å². The van der Waals surface area contributed by atoms with Gasteiger partial charge in [-0.15, -0.1) is 5.10 Å². The molecule has 1 aromatic carbocycles. The SMILES string of the molecule is CN(C(=O)C=C(Cl)Cl)[C@@H]1O[C@H](CO)[C@H](O)[C@H](n2cc(-c3cccc(F)c3)nn2)[C@H]1O. The molecule has 2 heterocycles. The molecule has 0 saturated carbocycles. The van der Waals surface area contributed by atoms with Gasteiger partial charge < -0.3 is 25.0 Å². The zero-order valence-electron chi connectivity index (χ0n) is 15.6. The Morgan fingerprint density at radius 1 is 1.37 bits per heavy atom. The number of rotatable bonds is 5. The lowest BCUT2D eigenvalue weighted by atomic mass is 9.95. The summed E-state index contributed by atoms with van der Waals surface area (Å²) in [5, 5.41) is 38.9. The van der Waals surface area contributed by atoms with E-state index in [9.17, 15) is 24.5 Å². The number of ether oxygens (including phenoxy) is 1. The molecule has 1 amide bonds. The molecular formula is C18H19Cl2FN4O5. The van der Waals surface area contributed by atoms with Crippen LogP contribution in [0, 0.1) is 5.82 Å². The monoisotopic (exact) mass is 460 g/mol. The zero-order valence-corrected chi connectivity index (χ0v) is 17.2. The van der Waals surface area contributed by atoms with Crippen molar-refractivity contribution in [1.82, 2.24) is 19.9 Å². The van der Waals surface area contributed by atoms with Crippen molar-refractivity contribution in [2.75, 3.05) is 13.7 Å². The minimum atomic E-state index is -1.46. The van der Waals surface area contributed by atoms with Crippen LogP contribution in [0.15, 0.2) is 41.0 Å². The first kappa shape index (κ1) is 22.6. The van der Waals surface area contributed by atoms with E-state index >= 15 is 0 Å². The van der Waals surface area contributed by atoms with Crippen LogP contribution in [0.25, 0.3) is 11.3 Å². The van der Waals surface area contributed by atoms with Crippen molar-refractivity contribution in [2.45, 2.75) is 30.6 Å². The smallest absolute Gasteiger partial charge is 0.250 e. The predicted molar refractivity (Wildman–Crippen MR) is 105 cm³/mol. The summed E-state index contributed by atoms with van der Waals surface area (Å²) in [6.45, 7) is -0.583. The van der Waals surface area contributed by atoms with E-state index in [2.05, 4.69) is 10.3 Å². The van der Waals surface area contributed by atoms with Gasteiger partial charge in [-0.25, -0.2) is 9.07 Å². The number of aliphatic hydroxyl groups is 3. The zero-order chi connectivity index (χ0) is 22.0. The number of likely N-dealkylation sites (N-methyl/N-ethyl adjacent to an activating group) is 1. The number of hydrogen-bond donors (Lipinski definition) is 3. The van der Waals surface area contributed by atoms with Gasteiger partial charge in [0.25, 0.3) is 5.91 Å². The number of aliphatic hydroxyl groups excluding tert-OH is 3. The fourth-order valence-corrected chi connectivity index (χ4v) is 3.42. The first-order valence-electron chi connectivity index (χ1n) is 8.82. The van der Waals surface area contributed by atoms with E-state index in [1.165, 1.54) is 36.1 Å². The van der Waals surface area contributed by atoms with E-state index in [1.54, 1.807) is 6.07 Å². The Hall–Kier alpha value is -2.08. The summed E-state index contributed by atoms with van der Waals surface area (Å²) >= 11 is 11.0. The van der Waals surface area contributed by atoms with Gasteiger partial charge in [-0.1, -0.05) is 40.5 Å². The van der Waals surface area contributed by atoms with Crippen LogP contribution in [0.3, 0.4) is 0 Å². The molecule has 0 aliphatic carbocycles. The number of aromatic nitrogens is 3. The molecule has 30 heavy (non-hydrogen) atoms. The molecule has 2 aromatic rings. The highest BCUT2D eigenvalue weighted by atomic mass is 35.5. The van der Waals surface area contributed by atoms with Crippen LogP contribution in [-0.4, -0.2) is 79.3 Å². The molecule has 0 spiro atoms. The number of carbonyl (C=O) groups excluding carboxylic acids is 1. The lowest BCUT2D eigenvalue weighted by Gasteiger charge is -2.44. The van der Waals surface area contributed by atoms with Crippen molar-refractivity contribution in [2.24, 2.45) is 0 Å². The van der Waals surface area contributed by atoms with E-state index in [0.717, 1.165) is 11.0 Å². The third kappa shape index (κ3) is 4.64. The molecule has 3 N–H and O–H groups in total. The standard InChI is InChI=1S/C18H19Cl2FN4O5/c1-24(14(27)6-13(19)20)18-17(29)15(16(28)12(8-26)30-18)25-7-11(22-23-25)9-3-2-4-10(21)5-9/h2-7,12,15-18,26,28-29H,8H2,1H3/t12-,15+,16+,17-,18-/m1/s1. The lowest BCUT2D eigenvalue weighted by Crippen LogP contribution is -2.61. The quantitative estimate of drug-likeness (QED) is 0.565. The van der Waals surface area contributed by atoms with E-state index < -0.39 is 48.9 Å². The van der Waals surface area contributed by atoms with Gasteiger partial charge in [0, 0.05) is 18.7 Å². The molecular weight excluding hydrogens is 442 g/mol. The van der Waals surface area contributed by atoms with Crippen molar-refractivity contribution in [3.63, 3.8) is 0 Å². The molecule has 1 fully saturated rings. The summed E-state index contributed by atoms with van der Waals surface area (Å²) in [6, 6.07) is 4.56. The van der Waals surface area contributed by atoms with Gasteiger partial charge in [-0.2, -0.15) is 0 Å². The Labute approximate surface area is 180 Å². The number of hydrogen-bond acceptors (Lipinski definition) is 7. The Kier molecular flexibility index (Phi) is 7.06. The number of amides is 1. The number of carbonyl (C=O) groups is 1. The third-order valence-corrected chi connectivity index (χ3v) is 4.98. The molecule has 5 atom stereocenters. The maximum absolute atomic E-state index is 13.5. The Morgan fingerprint density at radius 3 is 2.73 bits per heavy atom. The average molecular weight is 461 g/mol. The molecule has 162 valence electrons. The van der Waals surface area contributed by atoms with Crippen LogP contribution in [0.5, 0.6) is 0 Å². The molecule has 0 unspecified atom stereocenters. The maximum Gasteiger partial charge on any atom is 0.250 e. The van der Waals surface area contributed by atoms with E-state index in [4.69, 9.17) is 27.9 Å². The predicted octanol–water partition coefficient (Wildman–Crippen LogP) is 0.842. The molecule has 1 aliphatic heterocycles. The van der Waals surface area contributed by atoms with Crippen molar-refractivity contribution in [3.8, 4) is 11.3 Å². The molecule has 1 saturated heterocycles. The average Bonchev–Trinajstić information content (AvgIpc) is 3.17. The van der Waals surface area contributed by atoms with Gasteiger partial charge in [-0.3, -0.25) is 4.79 Å². The Balaban J connectivity index is 1.92. The third-order valence-electron chi connectivity index (χ3n) is 4.77. The van der Waals surface area contributed by atoms with Gasteiger partial charge >= 0.3 is 0 Å². The Morgan fingerprint density at radius 2 is 2.10 bits per heavy atom. The van der Waals surface area contributed by atoms with Gasteiger partial charge in [0.15, 0.2) is 6.23 Å². The van der Waals surface area contributed by atoms with Crippen LogP contribution in [0.1, 0.15) is 6.04 Å². The number of nitrogens with zero attached hydrogens (tertiary/aromatic N) is 4. The second-order valence-corrected chi connectivity index (χ2v) is 7.70. The summed E-state index contributed by atoms with van der Waals surface area (Å²) in [4.78, 5) is 13.3. The molecule has 9 nitrogen and oxygen atoms in total. The second-order valence-electron chi connectivity index (χ2n) is 6.70. The highest BCUT2D eigenvalue weighted by Gasteiger charge is 2.48. The minimum absolute atomic E-state index is 0.288. The number of benzene rings is 1. The topological polar surface area (TPSA) is 121 Å². The van der Waals surface area contributed by atoms with Gasteiger partial charge in [0.2, 0.25) is 0 Å². The van der Waals surface area contributed by atoms with Crippen molar-refractivity contribution in [1.29, 1.82) is 0 Å². The van der Waals surface area contributed by atoms with Crippen molar-refractivity contribution in [3.05, 3.63) is 46.8 Å². The Bertz CT molecular complexity index is 939. The minimum Gasteiger partial charge on any atom is -0.394 e. The van der Waals surface area contributed by atoms with E-state index in [1.807, 2.05) is 0 Å². The highest BCUT2D eigenvalue weighted by molar-refractivity contribution is 6.56. The molecule has 3 rings (SSSR count). The van der Waals surface area contributed by atoms with Crippen LogP contribution in [0.4, 0.5) is 4.39 Å². The van der Waals surface area contributed by atoms with E-state index in [0.29, 0.717) is 11.3 Å². The van der Waals surface area contributed by atoms with Gasteiger partial charge in [-0.05, 0) is 12.1 Å². The van der Waals surface area contributed by atoms with Crippen molar-refractivity contribution < 1.29 is 29.2 Å². The largest absolute Gasteiger partial charge is 0.394 e. The van der Waals surface area contributed by atoms with Crippen molar-refractivity contribution >= 4 is 29.1 Å². The molecule has 0 radical (unpaired) electrons. The highest BCUT2D eigenvalue weighted by Crippen LogP contribution is 2.32. The summed E-state index contributed by atoms with van der Waals surface area (Å²) < 4.78 is 19.9. The van der Waals surface area contributed by atoms with Gasteiger partial charge in [0.1, 0.15) is 40.4 Å². The summed E-state index contributed by atoms with van der Waals surface area (Å²) in [6.07, 6.45) is -2.88. The first-order chi connectivity index (χ1) is 14.2. The molecule has 0 bridgehead atoms. The fourth-order valence-electron chi connectivity index (χ4n) is 3.24. The second kappa shape index (κ2) is 9.38. The normalized spacial score (nSPS) is 26.3. The molecule has 1 aliphatic rings. The summed E-state index contributed by atoms with van der Waals surface area (Å²) in [5.41, 5.74) is 0.750. The summed E-state index contributed by atoms with van der Waals surface area (Å²) in [7, 11) is 1.34. The molecule has 1 aromatic heterocycles.